The fourth-order valence-electron chi connectivity index (χ4n) is 3.27. The van der Waals surface area contributed by atoms with Crippen LogP contribution in [0.25, 0.3) is 16.6 Å². The van der Waals surface area contributed by atoms with Gasteiger partial charge in [-0.05, 0) is 54.6 Å². The maximum absolute atomic E-state index is 13.0. The van der Waals surface area contributed by atoms with Gasteiger partial charge in [-0.1, -0.05) is 11.6 Å². The van der Waals surface area contributed by atoms with Gasteiger partial charge in [0.2, 0.25) is 0 Å². The molecule has 0 unspecified atom stereocenters. The van der Waals surface area contributed by atoms with E-state index in [4.69, 9.17) is 17.3 Å². The van der Waals surface area contributed by atoms with Crippen LogP contribution >= 0.6 is 11.6 Å². The van der Waals surface area contributed by atoms with Gasteiger partial charge in [0.1, 0.15) is 5.69 Å². The van der Waals surface area contributed by atoms with E-state index < -0.39 is 22.8 Å². The summed E-state index contributed by atoms with van der Waals surface area (Å²) in [5.41, 5.74) is 8.00. The van der Waals surface area contributed by atoms with Gasteiger partial charge in [0.25, 0.3) is 0 Å². The quantitative estimate of drug-likeness (QED) is 0.374. The van der Waals surface area contributed by atoms with Crippen molar-refractivity contribution >= 4 is 45.6 Å². The van der Waals surface area contributed by atoms with Gasteiger partial charge in [0, 0.05) is 40.8 Å². The number of carbonyl (C=O) groups is 1. The molecule has 31 heavy (non-hydrogen) atoms. The van der Waals surface area contributed by atoms with Crippen molar-refractivity contribution in [3.05, 3.63) is 83.5 Å². The lowest BCUT2D eigenvalue weighted by molar-refractivity contribution is -0.459. The fourth-order valence-corrected chi connectivity index (χ4v) is 3.50. The molecule has 5 N–H and O–H groups in total. The monoisotopic (exact) mass is 445 g/mol. The van der Waals surface area contributed by atoms with Crippen LogP contribution in [0, 0.1) is 0 Å². The zero-order valence-corrected chi connectivity index (χ0v) is 16.7. The van der Waals surface area contributed by atoms with E-state index in [1.54, 1.807) is 12.1 Å². The number of anilines is 2. The largest absolute Gasteiger partial charge is 0.422 e. The topological polar surface area (TPSA) is 76.7 Å². The number of rotatable bonds is 3. The molecule has 1 aromatic heterocycles. The van der Waals surface area contributed by atoms with Crippen LogP contribution in [0.3, 0.4) is 0 Å². The number of primary amides is 1. The number of carbonyl (C=O) groups excluding carboxylic acids is 1. The number of nitrogen functional groups attached to an aromatic ring is 1. The van der Waals surface area contributed by atoms with Crippen molar-refractivity contribution in [3.8, 4) is 5.69 Å². The number of urea groups is 1. The summed E-state index contributed by atoms with van der Waals surface area (Å²) in [5.74, 6) is 0. The van der Waals surface area contributed by atoms with E-state index in [1.807, 2.05) is 47.2 Å². The lowest BCUT2D eigenvalue weighted by atomic mass is 10.2. The molecule has 5 nitrogen and oxygen atoms in total. The second kappa shape index (κ2) is 7.98. The van der Waals surface area contributed by atoms with Crippen LogP contribution in [0.1, 0.15) is 5.56 Å². The van der Waals surface area contributed by atoms with Crippen LogP contribution in [-0.4, -0.2) is 10.6 Å². The van der Waals surface area contributed by atoms with E-state index in [1.165, 1.54) is 6.07 Å². The average Bonchev–Trinajstić information content (AvgIpc) is 3.12. The Morgan fingerprint density at radius 2 is 1.74 bits per heavy atom. The Labute approximate surface area is 180 Å². The number of fused-ring (bicyclic) bond motifs is 1. The van der Waals surface area contributed by atoms with Crippen molar-refractivity contribution in [1.82, 2.24) is 4.57 Å². The second-order valence-corrected chi connectivity index (χ2v) is 7.33. The van der Waals surface area contributed by atoms with Crippen molar-refractivity contribution in [2.75, 3.05) is 11.1 Å². The van der Waals surface area contributed by atoms with Crippen molar-refractivity contribution in [2.24, 2.45) is 0 Å². The molecular formula is C22H17ClF3N4O+. The maximum Gasteiger partial charge on any atom is 0.422 e. The van der Waals surface area contributed by atoms with Crippen LogP contribution in [0.5, 0.6) is 0 Å². The summed E-state index contributed by atoms with van der Waals surface area (Å²) >= 11 is 5.61. The first-order valence-electron chi connectivity index (χ1n) is 9.20. The van der Waals surface area contributed by atoms with E-state index in [9.17, 15) is 18.0 Å². The van der Waals surface area contributed by atoms with Gasteiger partial charge in [-0.15, -0.1) is 0 Å². The van der Waals surface area contributed by atoms with E-state index in [0.717, 1.165) is 34.0 Å². The van der Waals surface area contributed by atoms with Gasteiger partial charge < -0.3 is 10.3 Å². The Morgan fingerprint density at radius 1 is 1.00 bits per heavy atom. The number of nitrogens with one attached hydrogen (secondary N) is 1. The number of quaternary nitrogens is 1. The van der Waals surface area contributed by atoms with Crippen LogP contribution in [0.4, 0.5) is 35.0 Å². The minimum Gasteiger partial charge on any atom is -0.399 e. The zero-order chi connectivity index (χ0) is 22.2. The maximum atomic E-state index is 13.0. The SMILES string of the molecule is Nc1ccc2c(ccn2-c2ccc(NC(=O)[NH2+]c3ccc(Cl)c(C(F)(F)F)c3)cc2)c1. The van der Waals surface area contributed by atoms with Crippen LogP contribution < -0.4 is 16.4 Å². The van der Waals surface area contributed by atoms with Crippen LogP contribution in [0.2, 0.25) is 5.02 Å². The number of alkyl halides is 3. The Morgan fingerprint density at radius 3 is 2.45 bits per heavy atom. The molecule has 0 atom stereocenters. The summed E-state index contributed by atoms with van der Waals surface area (Å²) in [6, 6.07) is 17.4. The van der Waals surface area contributed by atoms with Crippen LogP contribution in [0.15, 0.2) is 72.9 Å². The third kappa shape index (κ3) is 4.50. The minimum atomic E-state index is -4.60. The fraction of sp³-hybridized carbons (Fsp3) is 0.0455. The standard InChI is InChI=1S/C22H16ClF3N4O/c23-19-7-4-16(12-18(19)22(24,25)26)29-21(31)28-15-2-5-17(6-3-15)30-10-9-13-11-14(27)1-8-20(13)30/h1-12H,27H2,(H2,28,29,31)/p+1. The Balaban J connectivity index is 1.47. The van der Waals surface area contributed by atoms with Crippen molar-refractivity contribution in [1.29, 1.82) is 0 Å². The molecule has 9 heteroatoms. The Hall–Kier alpha value is -3.49. The first kappa shape index (κ1) is 20.8. The highest BCUT2D eigenvalue weighted by Gasteiger charge is 2.34. The average molecular weight is 446 g/mol. The Kier molecular flexibility index (Phi) is 5.34. The number of nitrogens with two attached hydrogens (primary N) is 2. The van der Waals surface area contributed by atoms with Crippen molar-refractivity contribution in [3.63, 3.8) is 0 Å². The molecule has 0 bridgehead atoms. The molecule has 1 heterocycles. The van der Waals surface area contributed by atoms with Gasteiger partial charge >= 0.3 is 12.2 Å². The minimum absolute atomic E-state index is 0.101. The molecule has 2 amide bonds. The third-order valence-corrected chi connectivity index (χ3v) is 5.05. The molecule has 158 valence electrons. The highest BCUT2D eigenvalue weighted by atomic mass is 35.5. The van der Waals surface area contributed by atoms with Gasteiger partial charge in [0.05, 0.1) is 16.1 Å². The molecule has 0 aliphatic heterocycles. The first-order valence-corrected chi connectivity index (χ1v) is 9.58. The summed E-state index contributed by atoms with van der Waals surface area (Å²) < 4.78 is 40.9. The predicted molar refractivity (Wildman–Crippen MR) is 115 cm³/mol. The lowest BCUT2D eigenvalue weighted by Gasteiger charge is -2.10. The smallest absolute Gasteiger partial charge is 0.399 e. The number of amides is 2. The first-order chi connectivity index (χ1) is 14.7. The second-order valence-electron chi connectivity index (χ2n) is 6.92. The lowest BCUT2D eigenvalue weighted by Crippen LogP contribution is -2.83. The van der Waals surface area contributed by atoms with Gasteiger partial charge in [0.15, 0.2) is 0 Å². The normalized spacial score (nSPS) is 11.6. The number of hydrogen-bond donors (Lipinski definition) is 3. The number of halogens is 4. The van der Waals surface area contributed by atoms with Crippen molar-refractivity contribution in [2.45, 2.75) is 6.18 Å². The molecule has 3 aromatic carbocycles. The van der Waals surface area contributed by atoms with E-state index >= 15 is 0 Å². The molecular weight excluding hydrogens is 429 g/mol. The van der Waals surface area contributed by atoms with E-state index in [0.29, 0.717) is 11.4 Å². The van der Waals surface area contributed by atoms with Gasteiger partial charge in [-0.3, -0.25) is 5.32 Å². The molecule has 0 saturated heterocycles. The summed E-state index contributed by atoms with van der Waals surface area (Å²) in [6.45, 7) is 0. The summed E-state index contributed by atoms with van der Waals surface area (Å²) in [4.78, 5) is 12.3. The summed E-state index contributed by atoms with van der Waals surface area (Å²) in [7, 11) is 0. The third-order valence-electron chi connectivity index (χ3n) is 4.72. The number of benzene rings is 3. The molecule has 0 radical (unpaired) electrons. The molecule has 0 saturated carbocycles. The van der Waals surface area contributed by atoms with Gasteiger partial charge in [-0.2, -0.15) is 13.2 Å². The van der Waals surface area contributed by atoms with Crippen LogP contribution in [-0.2, 0) is 6.18 Å². The van der Waals surface area contributed by atoms with E-state index in [-0.39, 0.29) is 5.69 Å². The molecule has 0 aliphatic carbocycles. The summed E-state index contributed by atoms with van der Waals surface area (Å²) in [6.07, 6.45) is -2.67. The Bertz CT molecular complexity index is 1270. The highest BCUT2D eigenvalue weighted by Crippen LogP contribution is 2.35. The zero-order valence-electron chi connectivity index (χ0n) is 16.0. The molecule has 0 fully saturated rings. The molecule has 0 aliphatic rings. The number of aromatic nitrogens is 1. The number of hydrogen-bond acceptors (Lipinski definition) is 2. The summed E-state index contributed by atoms with van der Waals surface area (Å²) in [5, 5.41) is 4.32. The number of nitrogens with zero attached hydrogens (tertiary/aromatic N) is 1. The molecule has 0 spiro atoms. The van der Waals surface area contributed by atoms with E-state index in [2.05, 4.69) is 5.32 Å². The predicted octanol–water partition coefficient (Wildman–Crippen LogP) is 5.31. The van der Waals surface area contributed by atoms with Crippen molar-refractivity contribution < 1.29 is 23.3 Å². The highest BCUT2D eigenvalue weighted by molar-refractivity contribution is 6.31. The molecule has 4 rings (SSSR count). The molecule has 4 aromatic rings. The van der Waals surface area contributed by atoms with Gasteiger partial charge in [-0.25, -0.2) is 10.1 Å².